The fraction of sp³-hybridized carbons (Fsp3) is 0.846. The van der Waals surface area contributed by atoms with Crippen LogP contribution in [-0.2, 0) is 9.53 Å². The van der Waals surface area contributed by atoms with Crippen LogP contribution in [0.15, 0.2) is 0 Å². The summed E-state index contributed by atoms with van der Waals surface area (Å²) in [6.45, 7) is 5.86. The number of aliphatic carboxylic acids is 1. The molecule has 7 heteroatoms. The van der Waals surface area contributed by atoms with Crippen LogP contribution in [0.3, 0.4) is 0 Å². The van der Waals surface area contributed by atoms with Crippen molar-refractivity contribution in [1.29, 1.82) is 0 Å². The zero-order chi connectivity index (χ0) is 15.5. The van der Waals surface area contributed by atoms with Crippen molar-refractivity contribution >= 4 is 12.0 Å². The second kappa shape index (κ2) is 10.4. The highest BCUT2D eigenvalue weighted by atomic mass is 16.5. The molecule has 0 bridgehead atoms. The van der Waals surface area contributed by atoms with Crippen molar-refractivity contribution in [1.82, 2.24) is 15.5 Å². The van der Waals surface area contributed by atoms with Crippen molar-refractivity contribution in [2.45, 2.75) is 26.3 Å². The largest absolute Gasteiger partial charge is 0.480 e. The molecule has 3 N–H and O–H groups in total. The van der Waals surface area contributed by atoms with E-state index in [9.17, 15) is 9.59 Å². The van der Waals surface area contributed by atoms with Crippen LogP contribution in [0.2, 0.25) is 0 Å². The van der Waals surface area contributed by atoms with Crippen molar-refractivity contribution < 1.29 is 19.4 Å². The summed E-state index contributed by atoms with van der Waals surface area (Å²) in [5.74, 6) is -1.13. The lowest BCUT2D eigenvalue weighted by atomic mass is 9.99. The third-order valence-corrected chi connectivity index (χ3v) is 2.98. The number of carbonyl (C=O) groups excluding carboxylic acids is 1. The molecule has 0 spiro atoms. The average molecular weight is 289 g/mol. The van der Waals surface area contributed by atoms with Gasteiger partial charge in [0.2, 0.25) is 0 Å². The van der Waals surface area contributed by atoms with Gasteiger partial charge in [0.1, 0.15) is 6.04 Å². The molecule has 0 unspecified atom stereocenters. The highest BCUT2D eigenvalue weighted by Crippen LogP contribution is 2.07. The van der Waals surface area contributed by atoms with Crippen LogP contribution >= 0.6 is 0 Å². The molecule has 20 heavy (non-hydrogen) atoms. The van der Waals surface area contributed by atoms with Gasteiger partial charge in [-0.3, -0.25) is 0 Å². The van der Waals surface area contributed by atoms with Gasteiger partial charge in [-0.2, -0.15) is 0 Å². The molecule has 0 saturated heterocycles. The van der Waals surface area contributed by atoms with Gasteiger partial charge in [0, 0.05) is 13.1 Å². The van der Waals surface area contributed by atoms with Crippen LogP contribution in [0.25, 0.3) is 0 Å². The van der Waals surface area contributed by atoms with Gasteiger partial charge in [-0.05, 0) is 20.0 Å². The maximum Gasteiger partial charge on any atom is 0.326 e. The van der Waals surface area contributed by atoms with Crippen LogP contribution in [0, 0.1) is 5.92 Å². The molecule has 7 nitrogen and oxygen atoms in total. The molecule has 0 aromatic rings. The number of amides is 2. The minimum absolute atomic E-state index is 0.116. The fourth-order valence-corrected chi connectivity index (χ4v) is 1.46. The first-order chi connectivity index (χ1) is 9.38. The second-order valence-corrected chi connectivity index (χ2v) is 5.02. The number of nitrogens with one attached hydrogen (secondary N) is 2. The second-order valence-electron chi connectivity index (χ2n) is 5.02. The predicted octanol–water partition coefficient (Wildman–Crippen LogP) is 0.363. The van der Waals surface area contributed by atoms with Gasteiger partial charge >= 0.3 is 12.0 Å². The van der Waals surface area contributed by atoms with Gasteiger partial charge < -0.3 is 25.4 Å². The summed E-state index contributed by atoms with van der Waals surface area (Å²) in [5.41, 5.74) is 0. The van der Waals surface area contributed by atoms with E-state index < -0.39 is 18.0 Å². The Morgan fingerprint density at radius 2 is 1.95 bits per heavy atom. The molecular formula is C13H27N3O4. The van der Waals surface area contributed by atoms with Gasteiger partial charge in [-0.1, -0.05) is 20.3 Å². The number of urea groups is 1. The van der Waals surface area contributed by atoms with Crippen molar-refractivity contribution in [3.05, 3.63) is 0 Å². The zero-order valence-corrected chi connectivity index (χ0v) is 12.8. The molecule has 2 amide bonds. The number of rotatable bonds is 10. The van der Waals surface area contributed by atoms with E-state index in [-0.39, 0.29) is 5.92 Å². The molecular weight excluding hydrogens is 262 g/mol. The number of carbonyl (C=O) groups is 2. The molecule has 0 aliphatic heterocycles. The van der Waals surface area contributed by atoms with Crippen molar-refractivity contribution in [3.8, 4) is 0 Å². The first-order valence-corrected chi connectivity index (χ1v) is 6.88. The molecule has 0 aromatic heterocycles. The molecule has 0 rings (SSSR count). The molecule has 0 aliphatic rings. The first-order valence-electron chi connectivity index (χ1n) is 6.88. The Kier molecular flexibility index (Phi) is 9.75. The zero-order valence-electron chi connectivity index (χ0n) is 12.8. The van der Waals surface area contributed by atoms with Gasteiger partial charge in [0.15, 0.2) is 0 Å². The molecule has 0 aromatic carbocycles. The van der Waals surface area contributed by atoms with E-state index in [4.69, 9.17) is 9.84 Å². The lowest BCUT2D eigenvalue weighted by Gasteiger charge is -2.20. The van der Waals surface area contributed by atoms with Gasteiger partial charge in [0.05, 0.1) is 13.2 Å². The number of hydrogen-bond acceptors (Lipinski definition) is 4. The summed E-state index contributed by atoms with van der Waals surface area (Å²) in [4.78, 5) is 24.6. The van der Waals surface area contributed by atoms with E-state index in [0.717, 1.165) is 6.54 Å². The minimum atomic E-state index is -1.02. The quantitative estimate of drug-likeness (QED) is 0.505. The smallest absolute Gasteiger partial charge is 0.326 e. The standard InChI is InChI=1S/C13H27N3O4/c1-5-10(2)11(12(17)18)15-13(19)14-6-8-20-9-7-16(3)4/h10-11H,5-9H2,1-4H3,(H,17,18)(H2,14,15,19)/t10-,11-/m0/s1. The summed E-state index contributed by atoms with van der Waals surface area (Å²) in [7, 11) is 3.91. The summed E-state index contributed by atoms with van der Waals surface area (Å²) in [6, 6.07) is -1.34. The maximum atomic E-state index is 11.6. The summed E-state index contributed by atoms with van der Waals surface area (Å²) >= 11 is 0. The maximum absolute atomic E-state index is 11.6. The van der Waals surface area contributed by atoms with E-state index >= 15 is 0 Å². The van der Waals surface area contributed by atoms with Crippen molar-refractivity contribution in [3.63, 3.8) is 0 Å². The minimum Gasteiger partial charge on any atom is -0.480 e. The number of hydrogen-bond donors (Lipinski definition) is 3. The van der Waals surface area contributed by atoms with E-state index in [1.54, 1.807) is 6.92 Å². The number of likely N-dealkylation sites (N-methyl/N-ethyl adjacent to an activating group) is 1. The summed E-state index contributed by atoms with van der Waals surface area (Å²) in [6.07, 6.45) is 0.685. The Bertz CT molecular complexity index is 297. The average Bonchev–Trinajstić information content (AvgIpc) is 2.38. The molecule has 0 aliphatic carbocycles. The van der Waals surface area contributed by atoms with Crippen LogP contribution in [0.1, 0.15) is 20.3 Å². The van der Waals surface area contributed by atoms with Crippen LogP contribution in [0.4, 0.5) is 4.79 Å². The number of carboxylic acid groups (broad SMARTS) is 1. The van der Waals surface area contributed by atoms with E-state index in [0.29, 0.717) is 26.2 Å². The van der Waals surface area contributed by atoms with Crippen LogP contribution in [-0.4, -0.2) is 68.4 Å². The Balaban J connectivity index is 3.83. The van der Waals surface area contributed by atoms with Crippen molar-refractivity contribution in [2.75, 3.05) is 40.4 Å². The monoisotopic (exact) mass is 289 g/mol. The number of nitrogens with zero attached hydrogens (tertiary/aromatic N) is 1. The lowest BCUT2D eigenvalue weighted by molar-refractivity contribution is -0.140. The molecule has 0 heterocycles. The molecule has 0 fully saturated rings. The third-order valence-electron chi connectivity index (χ3n) is 2.98. The highest BCUT2D eigenvalue weighted by Gasteiger charge is 2.24. The Labute approximate surface area is 120 Å². The molecule has 0 saturated carbocycles. The fourth-order valence-electron chi connectivity index (χ4n) is 1.46. The molecule has 0 radical (unpaired) electrons. The SMILES string of the molecule is CC[C@H](C)[C@H](NC(=O)NCCOCCN(C)C)C(=O)O. The van der Waals surface area contributed by atoms with E-state index in [2.05, 4.69) is 10.6 Å². The number of ether oxygens (including phenoxy) is 1. The van der Waals surface area contributed by atoms with Gasteiger partial charge in [0.25, 0.3) is 0 Å². The summed E-state index contributed by atoms with van der Waals surface area (Å²) in [5, 5.41) is 14.1. The Hall–Kier alpha value is -1.34. The normalized spacial score (nSPS) is 13.8. The Morgan fingerprint density at radius 1 is 1.30 bits per heavy atom. The van der Waals surface area contributed by atoms with E-state index in [1.807, 2.05) is 25.9 Å². The van der Waals surface area contributed by atoms with Crippen molar-refractivity contribution in [2.24, 2.45) is 5.92 Å². The highest BCUT2D eigenvalue weighted by molar-refractivity contribution is 5.82. The molecule has 2 atom stereocenters. The predicted molar refractivity (Wildman–Crippen MR) is 76.8 cm³/mol. The molecule has 118 valence electrons. The van der Waals surface area contributed by atoms with Crippen LogP contribution in [0.5, 0.6) is 0 Å². The van der Waals surface area contributed by atoms with Crippen LogP contribution < -0.4 is 10.6 Å². The third kappa shape index (κ3) is 8.71. The lowest BCUT2D eigenvalue weighted by Crippen LogP contribution is -2.49. The van der Waals surface area contributed by atoms with E-state index in [1.165, 1.54) is 0 Å². The topological polar surface area (TPSA) is 90.9 Å². The van der Waals surface area contributed by atoms with Gasteiger partial charge in [-0.25, -0.2) is 9.59 Å². The van der Waals surface area contributed by atoms with Gasteiger partial charge in [-0.15, -0.1) is 0 Å². The first kappa shape index (κ1) is 18.7. The number of carboxylic acids is 1. The Morgan fingerprint density at radius 3 is 2.45 bits per heavy atom. The summed E-state index contributed by atoms with van der Waals surface area (Å²) < 4.78 is 5.32.